The van der Waals surface area contributed by atoms with E-state index in [1.165, 1.54) is 0 Å². The summed E-state index contributed by atoms with van der Waals surface area (Å²) in [6, 6.07) is 0. The maximum absolute atomic E-state index is 12.2. The van der Waals surface area contributed by atoms with Gasteiger partial charge in [0.05, 0.1) is 12.0 Å². The minimum Gasteiger partial charge on any atom is -0.377 e. The fraction of sp³-hybridized carbons (Fsp3) is 0.615. The van der Waals surface area contributed by atoms with Crippen LogP contribution in [-0.4, -0.2) is 35.4 Å². The van der Waals surface area contributed by atoms with Crippen molar-refractivity contribution in [2.24, 2.45) is 5.92 Å². The molecule has 3 amide bonds. The second-order valence-electron chi connectivity index (χ2n) is 4.74. The van der Waals surface area contributed by atoms with Crippen LogP contribution in [0.3, 0.4) is 0 Å². The van der Waals surface area contributed by atoms with Crippen LogP contribution in [0, 0.1) is 5.92 Å². The highest BCUT2D eigenvalue weighted by Gasteiger charge is 2.33. The van der Waals surface area contributed by atoms with E-state index < -0.39 is 11.8 Å². The van der Waals surface area contributed by atoms with Crippen LogP contribution in [0.5, 0.6) is 0 Å². The van der Waals surface area contributed by atoms with E-state index >= 15 is 0 Å². The molecule has 2 heterocycles. The first-order valence-electron chi connectivity index (χ1n) is 6.61. The highest BCUT2D eigenvalue weighted by atomic mass is 16.5. The second-order valence-corrected chi connectivity index (χ2v) is 4.74. The number of ether oxygens (including phenoxy) is 1. The number of hydrogen-bond donors (Lipinski definition) is 1. The van der Waals surface area contributed by atoms with Gasteiger partial charge in [0.15, 0.2) is 0 Å². The molecule has 19 heavy (non-hydrogen) atoms. The minimum absolute atomic E-state index is 0.150. The van der Waals surface area contributed by atoms with Gasteiger partial charge < -0.3 is 4.74 Å². The Kier molecular flexibility index (Phi) is 4.31. The number of hydrogen-bond acceptors (Lipinski definition) is 4. The Labute approximate surface area is 111 Å². The van der Waals surface area contributed by atoms with Crippen LogP contribution in [0.4, 0.5) is 0 Å². The zero-order valence-electron chi connectivity index (χ0n) is 10.9. The predicted molar refractivity (Wildman–Crippen MR) is 66.5 cm³/mol. The van der Waals surface area contributed by atoms with Crippen molar-refractivity contribution < 1.29 is 19.1 Å². The Morgan fingerprint density at radius 3 is 2.68 bits per heavy atom. The first kappa shape index (κ1) is 13.7. The Hall–Kier alpha value is -1.69. The average molecular weight is 266 g/mol. The summed E-state index contributed by atoms with van der Waals surface area (Å²) in [5.74, 6) is -1.66. The number of nitrogens with one attached hydrogen (secondary N) is 1. The summed E-state index contributed by atoms with van der Waals surface area (Å²) in [7, 11) is 0. The Morgan fingerprint density at radius 2 is 2.05 bits per heavy atom. The van der Waals surface area contributed by atoms with Crippen LogP contribution >= 0.6 is 0 Å². The Balaban J connectivity index is 2.01. The summed E-state index contributed by atoms with van der Waals surface area (Å²) < 4.78 is 5.64. The van der Waals surface area contributed by atoms with Crippen molar-refractivity contribution in [1.29, 1.82) is 0 Å². The lowest BCUT2D eigenvalue weighted by atomic mass is 9.94. The van der Waals surface area contributed by atoms with E-state index in [1.807, 2.05) is 6.92 Å². The van der Waals surface area contributed by atoms with E-state index in [0.29, 0.717) is 13.0 Å². The van der Waals surface area contributed by atoms with Gasteiger partial charge in [0.1, 0.15) is 0 Å². The molecule has 2 aliphatic heterocycles. The van der Waals surface area contributed by atoms with Crippen molar-refractivity contribution >= 4 is 17.7 Å². The lowest BCUT2D eigenvalue weighted by Gasteiger charge is -2.25. The van der Waals surface area contributed by atoms with Gasteiger partial charge in [-0.3, -0.25) is 19.8 Å². The molecule has 0 aromatic rings. The fourth-order valence-corrected chi connectivity index (χ4v) is 2.41. The summed E-state index contributed by atoms with van der Waals surface area (Å²) in [4.78, 5) is 35.0. The normalized spacial score (nSPS) is 27.5. The zero-order chi connectivity index (χ0) is 13.8. The van der Waals surface area contributed by atoms with Gasteiger partial charge in [-0.15, -0.1) is 0 Å². The molecular formula is C13H18N2O4. The summed E-state index contributed by atoms with van der Waals surface area (Å²) >= 11 is 0. The smallest absolute Gasteiger partial charge is 0.272 e. The molecule has 0 radical (unpaired) electrons. The molecule has 1 fully saturated rings. The molecule has 6 nitrogen and oxygen atoms in total. The van der Waals surface area contributed by atoms with Crippen molar-refractivity contribution in [1.82, 2.24) is 10.4 Å². The molecule has 0 saturated carbocycles. The summed E-state index contributed by atoms with van der Waals surface area (Å²) in [5.41, 5.74) is 2.39. The van der Waals surface area contributed by atoms with Gasteiger partial charge in [-0.2, -0.15) is 5.01 Å². The molecule has 6 heteroatoms. The Morgan fingerprint density at radius 1 is 1.37 bits per heavy atom. The quantitative estimate of drug-likeness (QED) is 0.756. The summed E-state index contributed by atoms with van der Waals surface area (Å²) in [6.45, 7) is 2.62. The monoisotopic (exact) mass is 266 g/mol. The van der Waals surface area contributed by atoms with Gasteiger partial charge in [-0.25, -0.2) is 0 Å². The van der Waals surface area contributed by atoms with E-state index in [9.17, 15) is 14.4 Å². The van der Waals surface area contributed by atoms with Gasteiger partial charge in [0, 0.05) is 18.8 Å². The number of carbonyl (C=O) groups is 3. The third-order valence-electron chi connectivity index (χ3n) is 3.46. The zero-order valence-corrected chi connectivity index (χ0v) is 10.9. The van der Waals surface area contributed by atoms with Crippen LogP contribution in [0.25, 0.3) is 0 Å². The Bertz CT molecular complexity index is 401. The minimum atomic E-state index is -0.513. The standard InChI is InChI=1S/C13H18N2O4/c1-2-10-9(5-3-4-8-19-10)13(18)14-15-11(16)6-7-12(15)17/h6-7,9-10H,2-5,8H2,1H3,(H,14,18). The SMILES string of the molecule is CCC1OCCCCC1C(=O)NN1C(=O)C=CC1=O. The lowest BCUT2D eigenvalue weighted by molar-refractivity contribution is -0.149. The van der Waals surface area contributed by atoms with E-state index in [4.69, 9.17) is 4.74 Å². The molecule has 0 aromatic heterocycles. The largest absolute Gasteiger partial charge is 0.377 e. The van der Waals surface area contributed by atoms with Crippen molar-refractivity contribution in [3.8, 4) is 0 Å². The molecule has 0 spiro atoms. The molecule has 0 aromatic carbocycles. The maximum Gasteiger partial charge on any atom is 0.272 e. The number of carbonyl (C=O) groups excluding carboxylic acids is 3. The van der Waals surface area contributed by atoms with Gasteiger partial charge >= 0.3 is 0 Å². The molecule has 0 aliphatic carbocycles. The highest BCUT2D eigenvalue weighted by Crippen LogP contribution is 2.23. The average Bonchev–Trinajstić information content (AvgIpc) is 2.63. The molecule has 0 bridgehead atoms. The van der Waals surface area contributed by atoms with Crippen LogP contribution in [0.15, 0.2) is 12.2 Å². The maximum atomic E-state index is 12.2. The third kappa shape index (κ3) is 3.01. The first-order valence-corrected chi connectivity index (χ1v) is 6.61. The first-order chi connectivity index (χ1) is 9.13. The lowest BCUT2D eigenvalue weighted by Crippen LogP contribution is -2.50. The van der Waals surface area contributed by atoms with Crippen molar-refractivity contribution in [2.45, 2.75) is 38.7 Å². The van der Waals surface area contributed by atoms with E-state index in [1.54, 1.807) is 0 Å². The van der Waals surface area contributed by atoms with E-state index in [-0.39, 0.29) is 17.9 Å². The molecular weight excluding hydrogens is 248 g/mol. The molecule has 1 N–H and O–H groups in total. The van der Waals surface area contributed by atoms with Crippen LogP contribution in [0.1, 0.15) is 32.6 Å². The summed E-state index contributed by atoms with van der Waals surface area (Å²) in [6.07, 6.45) is 5.43. The fourth-order valence-electron chi connectivity index (χ4n) is 2.41. The van der Waals surface area contributed by atoms with Gasteiger partial charge in [0.25, 0.3) is 11.8 Å². The van der Waals surface area contributed by atoms with Crippen LogP contribution < -0.4 is 5.43 Å². The van der Waals surface area contributed by atoms with Gasteiger partial charge in [-0.05, 0) is 19.3 Å². The van der Waals surface area contributed by atoms with Crippen molar-refractivity contribution in [3.05, 3.63) is 12.2 Å². The topological polar surface area (TPSA) is 75.7 Å². The highest BCUT2D eigenvalue weighted by molar-refractivity contribution is 6.13. The van der Waals surface area contributed by atoms with Crippen molar-refractivity contribution in [2.75, 3.05) is 6.61 Å². The number of amides is 3. The summed E-state index contributed by atoms with van der Waals surface area (Å²) in [5, 5.41) is 0.750. The second kappa shape index (κ2) is 5.97. The van der Waals surface area contributed by atoms with Crippen molar-refractivity contribution in [3.63, 3.8) is 0 Å². The molecule has 2 rings (SSSR count). The molecule has 104 valence electrons. The number of hydrazine groups is 1. The molecule has 2 unspecified atom stereocenters. The third-order valence-corrected chi connectivity index (χ3v) is 3.46. The van der Waals surface area contributed by atoms with Crippen LogP contribution in [-0.2, 0) is 19.1 Å². The van der Waals surface area contributed by atoms with Gasteiger partial charge in [0.2, 0.25) is 5.91 Å². The van der Waals surface area contributed by atoms with Gasteiger partial charge in [-0.1, -0.05) is 13.3 Å². The molecule has 1 saturated heterocycles. The molecule has 2 aliphatic rings. The number of rotatable bonds is 3. The number of nitrogens with zero attached hydrogens (tertiary/aromatic N) is 1. The number of imide groups is 1. The van der Waals surface area contributed by atoms with E-state index in [0.717, 1.165) is 36.4 Å². The molecule has 2 atom stereocenters. The van der Waals surface area contributed by atoms with E-state index in [2.05, 4.69) is 5.43 Å². The predicted octanol–water partition coefficient (Wildman–Crippen LogP) is 0.538. The van der Waals surface area contributed by atoms with Crippen LogP contribution in [0.2, 0.25) is 0 Å².